The zero-order chi connectivity index (χ0) is 15.9. The molecule has 1 aliphatic rings. The highest BCUT2D eigenvalue weighted by molar-refractivity contribution is 6.62. The third-order valence-electron chi connectivity index (χ3n) is 3.81. The molecule has 7 heteroatoms. The van der Waals surface area contributed by atoms with Crippen molar-refractivity contribution in [3.05, 3.63) is 24.3 Å². The van der Waals surface area contributed by atoms with Gasteiger partial charge in [-0.1, -0.05) is 12.1 Å². The molecule has 1 aromatic carbocycles. The number of hydrogen-bond acceptors (Lipinski definition) is 3. The van der Waals surface area contributed by atoms with E-state index < -0.39 is 31.1 Å². The normalized spacial score (nSPS) is 20.6. The zero-order valence-corrected chi connectivity index (χ0v) is 12.5. The summed E-state index contributed by atoms with van der Waals surface area (Å²) in [5, 5.41) is 0. The van der Waals surface area contributed by atoms with Crippen molar-refractivity contribution in [2.75, 3.05) is 6.61 Å². The minimum atomic E-state index is -4.34. The molecule has 0 radical (unpaired) electrons. The van der Waals surface area contributed by atoms with Crippen molar-refractivity contribution in [3.63, 3.8) is 0 Å². The topological polar surface area (TPSA) is 27.7 Å². The molecule has 0 aromatic heterocycles. The molecule has 0 N–H and O–H groups in total. The fraction of sp³-hybridized carbons (Fsp3) is 0.571. The van der Waals surface area contributed by atoms with Crippen LogP contribution in [0.3, 0.4) is 0 Å². The van der Waals surface area contributed by atoms with E-state index in [9.17, 15) is 13.2 Å². The minimum Gasteiger partial charge on any atom is -0.484 e. The monoisotopic (exact) mass is 302 g/mol. The van der Waals surface area contributed by atoms with E-state index in [0.717, 1.165) is 5.46 Å². The predicted molar refractivity (Wildman–Crippen MR) is 73.7 cm³/mol. The predicted octanol–water partition coefficient (Wildman–Crippen LogP) is 2.93. The molecule has 3 nitrogen and oxygen atoms in total. The molecule has 21 heavy (non-hydrogen) atoms. The number of halogens is 3. The molecule has 1 aromatic rings. The van der Waals surface area contributed by atoms with Crippen LogP contribution in [0.4, 0.5) is 13.2 Å². The molecule has 116 valence electrons. The fourth-order valence-corrected chi connectivity index (χ4v) is 1.87. The van der Waals surface area contributed by atoms with Crippen LogP contribution in [0.2, 0.25) is 0 Å². The van der Waals surface area contributed by atoms with Crippen LogP contribution in [0, 0.1) is 0 Å². The maximum absolute atomic E-state index is 12.1. The molecular weight excluding hydrogens is 284 g/mol. The van der Waals surface area contributed by atoms with Gasteiger partial charge in [0, 0.05) is 0 Å². The van der Waals surface area contributed by atoms with Crippen LogP contribution in [0.5, 0.6) is 5.75 Å². The van der Waals surface area contributed by atoms with Crippen LogP contribution in [0.1, 0.15) is 27.7 Å². The highest BCUT2D eigenvalue weighted by Crippen LogP contribution is 2.36. The van der Waals surface area contributed by atoms with Gasteiger partial charge in [0.15, 0.2) is 6.61 Å². The van der Waals surface area contributed by atoms with Crippen LogP contribution in [-0.4, -0.2) is 31.1 Å². The Balaban J connectivity index is 2.04. The van der Waals surface area contributed by atoms with Crippen LogP contribution >= 0.6 is 0 Å². The lowest BCUT2D eigenvalue weighted by Crippen LogP contribution is -2.41. The quantitative estimate of drug-likeness (QED) is 0.804. The third-order valence-corrected chi connectivity index (χ3v) is 3.81. The van der Waals surface area contributed by atoms with Gasteiger partial charge in [0.2, 0.25) is 0 Å². The molecule has 1 saturated heterocycles. The molecule has 0 atom stereocenters. The first kappa shape index (κ1) is 16.2. The molecule has 2 rings (SSSR count). The number of rotatable bonds is 3. The standard InChI is InChI=1S/C14H18BF3O3/c1-12(2)13(3,4)21-15(20-12)10-5-7-11(8-6-10)19-9-14(16,17)18/h5-8H,9H2,1-4H3. The second-order valence-corrected chi connectivity index (χ2v) is 6.06. The second-order valence-electron chi connectivity index (χ2n) is 6.06. The molecule has 0 bridgehead atoms. The van der Waals surface area contributed by atoms with Crippen LogP contribution in [0.15, 0.2) is 24.3 Å². The Morgan fingerprint density at radius 2 is 1.48 bits per heavy atom. The number of ether oxygens (including phenoxy) is 1. The van der Waals surface area contributed by atoms with Crippen molar-refractivity contribution in [2.45, 2.75) is 45.1 Å². The van der Waals surface area contributed by atoms with E-state index in [2.05, 4.69) is 4.74 Å². The second kappa shape index (κ2) is 5.21. The van der Waals surface area contributed by atoms with E-state index in [0.29, 0.717) is 0 Å². The van der Waals surface area contributed by atoms with Gasteiger partial charge in [-0.25, -0.2) is 0 Å². The average molecular weight is 302 g/mol. The zero-order valence-electron chi connectivity index (χ0n) is 12.5. The first-order chi connectivity index (χ1) is 9.50. The first-order valence-corrected chi connectivity index (χ1v) is 6.65. The van der Waals surface area contributed by atoms with Crippen molar-refractivity contribution in [3.8, 4) is 5.75 Å². The van der Waals surface area contributed by atoms with Crippen LogP contribution in [0.25, 0.3) is 0 Å². The lowest BCUT2D eigenvalue weighted by atomic mass is 9.79. The average Bonchev–Trinajstić information content (AvgIpc) is 2.56. The van der Waals surface area contributed by atoms with Crippen molar-refractivity contribution in [2.24, 2.45) is 0 Å². The van der Waals surface area contributed by atoms with Gasteiger partial charge < -0.3 is 14.0 Å². The van der Waals surface area contributed by atoms with Gasteiger partial charge in [-0.15, -0.1) is 0 Å². The highest BCUT2D eigenvalue weighted by Gasteiger charge is 2.51. The fourth-order valence-electron chi connectivity index (χ4n) is 1.87. The van der Waals surface area contributed by atoms with E-state index in [1.165, 1.54) is 12.1 Å². The van der Waals surface area contributed by atoms with E-state index in [1.807, 2.05) is 27.7 Å². The largest absolute Gasteiger partial charge is 0.494 e. The smallest absolute Gasteiger partial charge is 0.484 e. The Morgan fingerprint density at radius 1 is 1.00 bits per heavy atom. The van der Waals surface area contributed by atoms with E-state index >= 15 is 0 Å². The maximum atomic E-state index is 12.1. The minimum absolute atomic E-state index is 0.160. The number of hydrogen-bond donors (Lipinski definition) is 0. The Kier molecular flexibility index (Phi) is 4.01. The van der Waals surface area contributed by atoms with E-state index in [-0.39, 0.29) is 5.75 Å². The maximum Gasteiger partial charge on any atom is 0.494 e. The molecule has 0 unspecified atom stereocenters. The lowest BCUT2D eigenvalue weighted by molar-refractivity contribution is -0.153. The summed E-state index contributed by atoms with van der Waals surface area (Å²) in [6, 6.07) is 6.25. The number of benzene rings is 1. The van der Waals surface area contributed by atoms with Crippen molar-refractivity contribution >= 4 is 12.6 Å². The Hall–Kier alpha value is -1.21. The van der Waals surface area contributed by atoms with Gasteiger partial charge in [0.05, 0.1) is 11.2 Å². The van der Waals surface area contributed by atoms with E-state index in [4.69, 9.17) is 9.31 Å². The Bertz CT molecular complexity index is 481. The van der Waals surface area contributed by atoms with Crippen LogP contribution < -0.4 is 10.2 Å². The SMILES string of the molecule is CC1(C)OB(c2ccc(OCC(F)(F)F)cc2)OC1(C)C. The van der Waals surface area contributed by atoms with Gasteiger partial charge in [0.1, 0.15) is 5.75 Å². The Labute approximate surface area is 122 Å². The summed E-state index contributed by atoms with van der Waals surface area (Å²) in [6.07, 6.45) is -4.34. The van der Waals surface area contributed by atoms with Gasteiger partial charge in [-0.05, 0) is 45.3 Å². The van der Waals surface area contributed by atoms with Gasteiger partial charge in [-0.2, -0.15) is 13.2 Å². The lowest BCUT2D eigenvalue weighted by Gasteiger charge is -2.32. The molecular formula is C14H18BF3O3. The van der Waals surface area contributed by atoms with E-state index in [1.54, 1.807) is 12.1 Å². The third kappa shape index (κ3) is 3.71. The summed E-state index contributed by atoms with van der Waals surface area (Å²) >= 11 is 0. The Morgan fingerprint density at radius 3 is 1.90 bits per heavy atom. The van der Waals surface area contributed by atoms with Crippen LogP contribution in [-0.2, 0) is 9.31 Å². The first-order valence-electron chi connectivity index (χ1n) is 6.65. The molecule has 0 aliphatic carbocycles. The summed E-state index contributed by atoms with van der Waals surface area (Å²) < 4.78 is 52.6. The molecule has 1 heterocycles. The summed E-state index contributed by atoms with van der Waals surface area (Å²) in [4.78, 5) is 0. The summed E-state index contributed by atoms with van der Waals surface area (Å²) in [5.74, 6) is 0.160. The van der Waals surface area contributed by atoms with Gasteiger partial charge in [-0.3, -0.25) is 0 Å². The summed E-state index contributed by atoms with van der Waals surface area (Å²) in [7, 11) is -0.535. The van der Waals surface area contributed by atoms with Crippen molar-refractivity contribution in [1.29, 1.82) is 0 Å². The van der Waals surface area contributed by atoms with Gasteiger partial charge >= 0.3 is 13.3 Å². The molecule has 0 spiro atoms. The summed E-state index contributed by atoms with van der Waals surface area (Å²) in [6.45, 7) is 6.45. The molecule has 1 fully saturated rings. The van der Waals surface area contributed by atoms with Gasteiger partial charge in [0.25, 0.3) is 0 Å². The molecule has 0 saturated carbocycles. The molecule has 0 amide bonds. The summed E-state index contributed by atoms with van der Waals surface area (Å²) in [5.41, 5.74) is -0.167. The van der Waals surface area contributed by atoms with Crippen molar-refractivity contribution < 1.29 is 27.2 Å². The molecule has 1 aliphatic heterocycles. The van der Waals surface area contributed by atoms with Crippen molar-refractivity contribution in [1.82, 2.24) is 0 Å². The highest BCUT2D eigenvalue weighted by atomic mass is 19.4. The number of alkyl halides is 3.